The lowest BCUT2D eigenvalue weighted by Crippen LogP contribution is -2.04. The second kappa shape index (κ2) is 5.01. The normalized spacial score (nSPS) is 17.2. The molecule has 2 aromatic rings. The number of hydrogen-bond donors (Lipinski definition) is 0. The number of benzene rings is 1. The number of hydrogen-bond acceptors (Lipinski definition) is 2. The molecule has 3 rings (SSSR count). The summed E-state index contributed by atoms with van der Waals surface area (Å²) < 4.78 is 0. The maximum absolute atomic E-state index is 4.39. The molecule has 0 atom stereocenters. The molecular weight excluding hydrogens is 226 g/mol. The van der Waals surface area contributed by atoms with Crippen molar-refractivity contribution in [3.05, 3.63) is 40.7 Å². The topological polar surface area (TPSA) is 12.9 Å². The summed E-state index contributed by atoms with van der Waals surface area (Å²) in [4.78, 5) is 4.39. The smallest absolute Gasteiger partial charge is 0.0811 e. The first kappa shape index (κ1) is 11.0. The van der Waals surface area contributed by atoms with Gasteiger partial charge in [-0.15, -0.1) is 11.3 Å². The van der Waals surface area contributed by atoms with Gasteiger partial charge in [0.15, 0.2) is 0 Å². The highest BCUT2D eigenvalue weighted by Crippen LogP contribution is 2.34. The fraction of sp³-hybridized carbons (Fsp3) is 0.400. The molecule has 1 aromatic heterocycles. The Morgan fingerprint density at radius 1 is 1.12 bits per heavy atom. The van der Waals surface area contributed by atoms with E-state index < -0.39 is 0 Å². The van der Waals surface area contributed by atoms with E-state index in [-0.39, 0.29) is 0 Å². The van der Waals surface area contributed by atoms with E-state index in [0.29, 0.717) is 0 Å². The lowest BCUT2D eigenvalue weighted by atomic mass is 9.83. The number of nitrogens with zero attached hydrogens (tertiary/aromatic N) is 1. The van der Waals surface area contributed by atoms with Gasteiger partial charge in [0.25, 0.3) is 0 Å². The molecular formula is C15H17NS. The van der Waals surface area contributed by atoms with Gasteiger partial charge in [0.1, 0.15) is 0 Å². The molecule has 0 unspecified atom stereocenters. The van der Waals surface area contributed by atoms with Gasteiger partial charge in [-0.1, -0.05) is 37.5 Å². The molecule has 0 amide bonds. The van der Waals surface area contributed by atoms with E-state index >= 15 is 0 Å². The molecule has 0 aliphatic heterocycles. The minimum Gasteiger partial charge on any atom is -0.245 e. The Morgan fingerprint density at radius 2 is 2.00 bits per heavy atom. The molecule has 1 fully saturated rings. The summed E-state index contributed by atoms with van der Waals surface area (Å²) >= 11 is 1.66. The van der Waals surface area contributed by atoms with Crippen LogP contribution < -0.4 is 0 Å². The molecule has 0 spiro atoms. The summed E-state index contributed by atoms with van der Waals surface area (Å²) in [6.07, 6.45) is 6.93. The van der Waals surface area contributed by atoms with Crippen LogP contribution in [0.15, 0.2) is 35.2 Å². The number of thiazole rings is 1. The van der Waals surface area contributed by atoms with Crippen LogP contribution >= 0.6 is 11.3 Å². The maximum atomic E-state index is 4.39. The van der Waals surface area contributed by atoms with Gasteiger partial charge in [-0.3, -0.25) is 0 Å². The van der Waals surface area contributed by atoms with Crippen LogP contribution in [0.1, 0.15) is 43.6 Å². The van der Waals surface area contributed by atoms with E-state index in [4.69, 9.17) is 0 Å². The van der Waals surface area contributed by atoms with Gasteiger partial charge in [0.05, 0.1) is 11.2 Å². The first-order valence-corrected chi connectivity index (χ1v) is 7.36. The molecule has 17 heavy (non-hydrogen) atoms. The van der Waals surface area contributed by atoms with Crippen molar-refractivity contribution in [1.82, 2.24) is 4.98 Å². The quantitative estimate of drug-likeness (QED) is 0.734. The average molecular weight is 243 g/mol. The summed E-state index contributed by atoms with van der Waals surface area (Å²) in [5.74, 6) is 0.780. The van der Waals surface area contributed by atoms with Crippen molar-refractivity contribution in [3.63, 3.8) is 0 Å². The standard InChI is InChI=1S/C15H17NS/c1-2-5-12(6-3-1)13-7-4-8-14(9-13)15-10-17-11-16-15/h4,7-12H,1-3,5-6H2. The van der Waals surface area contributed by atoms with Crippen molar-refractivity contribution in [2.75, 3.05) is 0 Å². The minimum atomic E-state index is 0.780. The molecule has 0 radical (unpaired) electrons. The zero-order valence-electron chi connectivity index (χ0n) is 9.93. The highest BCUT2D eigenvalue weighted by Gasteiger charge is 2.15. The highest BCUT2D eigenvalue weighted by atomic mass is 32.1. The zero-order chi connectivity index (χ0) is 11.5. The van der Waals surface area contributed by atoms with Crippen LogP contribution in [0.25, 0.3) is 11.3 Å². The first-order chi connectivity index (χ1) is 8.43. The van der Waals surface area contributed by atoms with Gasteiger partial charge in [-0.05, 0) is 30.4 Å². The van der Waals surface area contributed by atoms with Gasteiger partial charge < -0.3 is 0 Å². The van der Waals surface area contributed by atoms with Crippen LogP contribution in [0.5, 0.6) is 0 Å². The van der Waals surface area contributed by atoms with Crippen LogP contribution in [0.3, 0.4) is 0 Å². The average Bonchev–Trinajstić information content (AvgIpc) is 2.94. The van der Waals surface area contributed by atoms with E-state index in [1.807, 2.05) is 5.51 Å². The lowest BCUT2D eigenvalue weighted by Gasteiger charge is -2.22. The summed E-state index contributed by atoms with van der Waals surface area (Å²) in [5.41, 5.74) is 5.81. The van der Waals surface area contributed by atoms with Crippen molar-refractivity contribution < 1.29 is 0 Å². The lowest BCUT2D eigenvalue weighted by molar-refractivity contribution is 0.443. The molecule has 0 N–H and O–H groups in total. The molecule has 1 saturated carbocycles. The Labute approximate surface area is 107 Å². The van der Waals surface area contributed by atoms with Gasteiger partial charge >= 0.3 is 0 Å². The third-order valence-electron chi connectivity index (χ3n) is 3.69. The van der Waals surface area contributed by atoms with E-state index in [9.17, 15) is 0 Å². The maximum Gasteiger partial charge on any atom is 0.0811 e. The minimum absolute atomic E-state index is 0.780. The van der Waals surface area contributed by atoms with Crippen LogP contribution in [-0.2, 0) is 0 Å². The van der Waals surface area contributed by atoms with Crippen molar-refractivity contribution in [2.24, 2.45) is 0 Å². The first-order valence-electron chi connectivity index (χ1n) is 6.42. The Balaban J connectivity index is 1.88. The predicted molar refractivity (Wildman–Crippen MR) is 73.4 cm³/mol. The van der Waals surface area contributed by atoms with Crippen molar-refractivity contribution >= 4 is 11.3 Å². The summed E-state index contributed by atoms with van der Waals surface area (Å²) in [6.45, 7) is 0. The molecule has 1 aromatic carbocycles. The molecule has 2 heteroatoms. The number of rotatable bonds is 2. The van der Waals surface area contributed by atoms with Crippen LogP contribution in [0.2, 0.25) is 0 Å². The van der Waals surface area contributed by atoms with Crippen LogP contribution in [0.4, 0.5) is 0 Å². The Hall–Kier alpha value is -1.15. The number of aromatic nitrogens is 1. The summed E-state index contributed by atoms with van der Waals surface area (Å²) in [5, 5.41) is 2.12. The fourth-order valence-electron chi connectivity index (χ4n) is 2.74. The third kappa shape index (κ3) is 2.42. The van der Waals surface area contributed by atoms with Gasteiger partial charge in [0, 0.05) is 10.9 Å². The van der Waals surface area contributed by atoms with Crippen LogP contribution in [0, 0.1) is 0 Å². The predicted octanol–water partition coefficient (Wildman–Crippen LogP) is 4.86. The van der Waals surface area contributed by atoms with Crippen molar-refractivity contribution in [3.8, 4) is 11.3 Å². The van der Waals surface area contributed by atoms with E-state index in [1.54, 1.807) is 11.3 Å². The van der Waals surface area contributed by atoms with E-state index in [0.717, 1.165) is 11.6 Å². The summed E-state index contributed by atoms with van der Waals surface area (Å²) in [6, 6.07) is 8.97. The SMILES string of the molecule is c1cc(-c2cscn2)cc(C2CCCCC2)c1. The Bertz CT molecular complexity index is 469. The Kier molecular flexibility index (Phi) is 3.23. The molecule has 1 aliphatic carbocycles. The molecule has 88 valence electrons. The largest absolute Gasteiger partial charge is 0.245 e. The molecule has 1 heterocycles. The second-order valence-corrected chi connectivity index (χ2v) is 5.55. The van der Waals surface area contributed by atoms with E-state index in [2.05, 4.69) is 34.6 Å². The highest BCUT2D eigenvalue weighted by molar-refractivity contribution is 7.07. The third-order valence-corrected chi connectivity index (χ3v) is 4.28. The molecule has 0 bridgehead atoms. The molecule has 1 nitrogen and oxygen atoms in total. The Morgan fingerprint density at radius 3 is 2.76 bits per heavy atom. The zero-order valence-corrected chi connectivity index (χ0v) is 10.7. The van der Waals surface area contributed by atoms with Crippen LogP contribution in [-0.4, -0.2) is 4.98 Å². The van der Waals surface area contributed by atoms with Gasteiger partial charge in [0.2, 0.25) is 0 Å². The summed E-state index contributed by atoms with van der Waals surface area (Å²) in [7, 11) is 0. The van der Waals surface area contributed by atoms with E-state index in [1.165, 1.54) is 43.2 Å². The van der Waals surface area contributed by atoms with Crippen molar-refractivity contribution in [2.45, 2.75) is 38.0 Å². The monoisotopic (exact) mass is 243 g/mol. The van der Waals surface area contributed by atoms with Crippen molar-refractivity contribution in [1.29, 1.82) is 0 Å². The fourth-order valence-corrected chi connectivity index (χ4v) is 3.30. The molecule has 1 aliphatic rings. The molecule has 0 saturated heterocycles. The van der Waals surface area contributed by atoms with Gasteiger partial charge in [-0.2, -0.15) is 0 Å². The van der Waals surface area contributed by atoms with Gasteiger partial charge in [-0.25, -0.2) is 4.98 Å². The second-order valence-electron chi connectivity index (χ2n) is 4.83.